The molecule has 0 radical (unpaired) electrons. The van der Waals surface area contributed by atoms with Gasteiger partial charge in [0.2, 0.25) is 15.9 Å². The molecule has 3 unspecified atom stereocenters. The van der Waals surface area contributed by atoms with Crippen molar-refractivity contribution in [1.29, 1.82) is 0 Å². The minimum absolute atomic E-state index is 0.0268. The molecule has 0 aromatic rings. The Balaban J connectivity index is 1.88. The summed E-state index contributed by atoms with van der Waals surface area (Å²) in [6.45, 7) is 4.70. The smallest absolute Gasteiger partial charge is 0.231 e. The molecule has 1 aliphatic carbocycles. The molecule has 3 rings (SSSR count). The number of carbonyl (C=O) groups excluding carboxylic acids is 1. The van der Waals surface area contributed by atoms with Crippen molar-refractivity contribution in [2.24, 2.45) is 0 Å². The van der Waals surface area contributed by atoms with Crippen LogP contribution >= 0.6 is 0 Å². The van der Waals surface area contributed by atoms with E-state index in [1.54, 1.807) is 11.2 Å². The summed E-state index contributed by atoms with van der Waals surface area (Å²) >= 11 is 0. The molecule has 0 aromatic heterocycles. The Labute approximate surface area is 139 Å². The number of hydrogen-bond acceptors (Lipinski definition) is 5. The van der Waals surface area contributed by atoms with Gasteiger partial charge in [0, 0.05) is 45.2 Å². The summed E-state index contributed by atoms with van der Waals surface area (Å²) in [4.78, 5) is 14.0. The van der Waals surface area contributed by atoms with Crippen LogP contribution in [0.15, 0.2) is 0 Å². The average Bonchev–Trinajstić information content (AvgIpc) is 2.93. The lowest BCUT2D eigenvalue weighted by Gasteiger charge is -2.52. The van der Waals surface area contributed by atoms with Gasteiger partial charge < -0.3 is 4.90 Å². The third kappa shape index (κ3) is 3.01. The number of nitrogens with one attached hydrogen (secondary N) is 1. The Kier molecular flexibility index (Phi) is 4.70. The van der Waals surface area contributed by atoms with E-state index >= 15 is 0 Å². The van der Waals surface area contributed by atoms with Gasteiger partial charge >= 0.3 is 0 Å². The van der Waals surface area contributed by atoms with Crippen LogP contribution in [0, 0.1) is 0 Å². The predicted molar refractivity (Wildman–Crippen MR) is 87.8 cm³/mol. The van der Waals surface area contributed by atoms with Crippen LogP contribution in [0.4, 0.5) is 0 Å². The Morgan fingerprint density at radius 1 is 1.13 bits per heavy atom. The van der Waals surface area contributed by atoms with Crippen LogP contribution in [-0.4, -0.2) is 72.2 Å². The largest absolute Gasteiger partial charge is 0.334 e. The summed E-state index contributed by atoms with van der Waals surface area (Å²) in [6.07, 6.45) is 4.46. The lowest BCUT2D eigenvalue weighted by molar-refractivity contribution is -0.139. The van der Waals surface area contributed by atoms with Crippen molar-refractivity contribution in [2.75, 3.05) is 20.1 Å². The molecule has 1 saturated carbocycles. The summed E-state index contributed by atoms with van der Waals surface area (Å²) in [5, 5.41) is 1.31. The third-order valence-corrected chi connectivity index (χ3v) is 7.62. The number of fused-ring (bicyclic) bond motifs is 1. The quantitative estimate of drug-likeness (QED) is 0.782. The lowest BCUT2D eigenvalue weighted by Crippen LogP contribution is -2.67. The van der Waals surface area contributed by atoms with Gasteiger partial charge in [0.1, 0.15) is 5.37 Å². The highest BCUT2D eigenvalue weighted by Crippen LogP contribution is 2.35. The maximum absolute atomic E-state index is 13.1. The van der Waals surface area contributed by atoms with Crippen LogP contribution < -0.4 is 5.43 Å². The molecule has 7 nitrogen and oxygen atoms in total. The van der Waals surface area contributed by atoms with Gasteiger partial charge in [-0.3, -0.25) is 4.79 Å². The van der Waals surface area contributed by atoms with E-state index in [1.807, 2.05) is 23.9 Å². The van der Waals surface area contributed by atoms with E-state index in [9.17, 15) is 13.2 Å². The van der Waals surface area contributed by atoms with E-state index in [0.717, 1.165) is 32.2 Å². The molecule has 1 amide bonds. The topological polar surface area (TPSA) is 73.0 Å². The second-order valence-corrected chi connectivity index (χ2v) is 9.21. The number of nitrogens with zero attached hydrogens (tertiary/aromatic N) is 3. The minimum atomic E-state index is -3.40. The zero-order valence-electron chi connectivity index (χ0n) is 14.2. The number of piperazine rings is 1. The summed E-state index contributed by atoms with van der Waals surface area (Å²) in [5.41, 5.74) is 3.06. The molecule has 2 aliphatic heterocycles. The second-order valence-electron chi connectivity index (χ2n) is 7.14. The van der Waals surface area contributed by atoms with E-state index < -0.39 is 15.4 Å². The molecule has 0 aromatic carbocycles. The average molecular weight is 344 g/mol. The molecule has 132 valence electrons. The van der Waals surface area contributed by atoms with Crippen LogP contribution in [0.2, 0.25) is 0 Å². The first-order valence-electron chi connectivity index (χ1n) is 8.59. The van der Waals surface area contributed by atoms with Crippen LogP contribution in [-0.2, 0) is 14.8 Å². The molecular formula is C15H28N4O3S. The molecule has 8 heteroatoms. The van der Waals surface area contributed by atoms with Crippen molar-refractivity contribution in [2.45, 2.75) is 69.5 Å². The van der Waals surface area contributed by atoms with Gasteiger partial charge in [0.15, 0.2) is 0 Å². The SMILES string of the molecule is CC(=O)N1C2CCCCC2N(S(=O)(=O)C2CCN(C)N2)C[C@@H]1C. The minimum Gasteiger partial charge on any atom is -0.334 e. The molecular weight excluding hydrogens is 316 g/mol. The zero-order chi connectivity index (χ0) is 16.8. The summed E-state index contributed by atoms with van der Waals surface area (Å²) in [7, 11) is -1.53. The highest BCUT2D eigenvalue weighted by Gasteiger charge is 2.49. The van der Waals surface area contributed by atoms with E-state index in [4.69, 9.17) is 0 Å². The number of hydrogen-bond donors (Lipinski definition) is 1. The van der Waals surface area contributed by atoms with E-state index in [0.29, 0.717) is 13.0 Å². The van der Waals surface area contributed by atoms with E-state index in [2.05, 4.69) is 5.43 Å². The molecule has 23 heavy (non-hydrogen) atoms. The van der Waals surface area contributed by atoms with Crippen molar-refractivity contribution >= 4 is 15.9 Å². The zero-order valence-corrected chi connectivity index (χ0v) is 15.1. The fraction of sp³-hybridized carbons (Fsp3) is 0.933. The number of rotatable bonds is 2. The summed E-state index contributed by atoms with van der Waals surface area (Å²) < 4.78 is 28.0. The van der Waals surface area contributed by atoms with Crippen molar-refractivity contribution < 1.29 is 13.2 Å². The lowest BCUT2D eigenvalue weighted by atomic mass is 9.86. The summed E-state index contributed by atoms with van der Waals surface area (Å²) in [5.74, 6) is 0.0603. The van der Waals surface area contributed by atoms with Gasteiger partial charge in [-0.15, -0.1) is 0 Å². The van der Waals surface area contributed by atoms with E-state index in [1.165, 1.54) is 0 Å². The molecule has 0 bridgehead atoms. The Morgan fingerprint density at radius 3 is 2.35 bits per heavy atom. The number of sulfonamides is 1. The van der Waals surface area contributed by atoms with Crippen molar-refractivity contribution in [1.82, 2.24) is 19.6 Å². The van der Waals surface area contributed by atoms with Gasteiger partial charge in [-0.25, -0.2) is 18.9 Å². The fourth-order valence-electron chi connectivity index (χ4n) is 4.46. The highest BCUT2D eigenvalue weighted by molar-refractivity contribution is 7.89. The van der Waals surface area contributed by atoms with Gasteiger partial charge in [-0.1, -0.05) is 12.8 Å². The van der Waals surface area contributed by atoms with Crippen LogP contribution in [0.3, 0.4) is 0 Å². The monoisotopic (exact) mass is 344 g/mol. The first-order chi connectivity index (χ1) is 10.8. The molecule has 3 aliphatic rings. The third-order valence-electron chi connectivity index (χ3n) is 5.48. The van der Waals surface area contributed by atoms with Crippen molar-refractivity contribution in [3.63, 3.8) is 0 Å². The molecule has 4 atom stereocenters. The van der Waals surface area contributed by atoms with E-state index in [-0.39, 0.29) is 24.0 Å². The maximum atomic E-state index is 13.1. The van der Waals surface area contributed by atoms with Crippen molar-refractivity contribution in [3.8, 4) is 0 Å². The Hall–Kier alpha value is -0.700. The van der Waals surface area contributed by atoms with Gasteiger partial charge in [-0.05, 0) is 26.2 Å². The highest BCUT2D eigenvalue weighted by atomic mass is 32.2. The van der Waals surface area contributed by atoms with Gasteiger partial charge in [-0.2, -0.15) is 4.31 Å². The first-order valence-corrected chi connectivity index (χ1v) is 10.1. The first kappa shape index (κ1) is 17.1. The summed E-state index contributed by atoms with van der Waals surface area (Å²) in [6, 6.07) is -0.110. The van der Waals surface area contributed by atoms with Crippen LogP contribution in [0.25, 0.3) is 0 Å². The molecule has 2 saturated heterocycles. The van der Waals surface area contributed by atoms with Gasteiger partial charge in [0.25, 0.3) is 0 Å². The Bertz CT molecular complexity index is 567. The standard InChI is InChI=1S/C15H28N4O3S/c1-11-10-18(23(21,22)15-8-9-17(3)16-15)13-6-4-5-7-14(13)19(11)12(2)20/h11,13-16H,4-10H2,1-3H3/t11-,13?,14?,15?/m0/s1. The van der Waals surface area contributed by atoms with Crippen LogP contribution in [0.1, 0.15) is 46.0 Å². The van der Waals surface area contributed by atoms with Crippen LogP contribution in [0.5, 0.6) is 0 Å². The molecule has 3 fully saturated rings. The number of amides is 1. The van der Waals surface area contributed by atoms with Gasteiger partial charge in [0.05, 0.1) is 0 Å². The molecule has 0 spiro atoms. The number of carbonyl (C=O) groups is 1. The predicted octanol–water partition coefficient (Wildman–Crippen LogP) is 0.346. The Morgan fingerprint density at radius 2 is 1.78 bits per heavy atom. The fourth-order valence-corrected chi connectivity index (χ4v) is 6.55. The maximum Gasteiger partial charge on any atom is 0.231 e. The molecule has 2 heterocycles. The van der Waals surface area contributed by atoms with Crippen molar-refractivity contribution in [3.05, 3.63) is 0 Å². The molecule has 1 N–H and O–H groups in total. The number of hydrazine groups is 1. The second kappa shape index (κ2) is 6.31. The normalized spacial score (nSPS) is 36.9.